The fourth-order valence-corrected chi connectivity index (χ4v) is 1.91. The summed E-state index contributed by atoms with van der Waals surface area (Å²) >= 11 is 6.16. The summed E-state index contributed by atoms with van der Waals surface area (Å²) in [6.45, 7) is 7.06. The number of hydrogen-bond donors (Lipinski definition) is 1. The van der Waals surface area contributed by atoms with Crippen molar-refractivity contribution in [3.8, 4) is 0 Å². The molecule has 2 N–H and O–H groups in total. The van der Waals surface area contributed by atoms with E-state index in [2.05, 4.69) is 5.10 Å². The molecule has 92 valence electrons. The zero-order chi connectivity index (χ0) is 12.3. The first-order valence-corrected chi connectivity index (χ1v) is 5.80. The average Bonchev–Trinajstić information content (AvgIpc) is 2.42. The molecule has 0 saturated carbocycles. The summed E-state index contributed by atoms with van der Waals surface area (Å²) in [6.07, 6.45) is 0.672. The van der Waals surface area contributed by atoms with Crippen molar-refractivity contribution in [2.75, 3.05) is 13.2 Å². The van der Waals surface area contributed by atoms with Crippen LogP contribution in [-0.4, -0.2) is 28.5 Å². The van der Waals surface area contributed by atoms with Crippen LogP contribution in [0.2, 0.25) is 5.15 Å². The van der Waals surface area contributed by atoms with E-state index >= 15 is 0 Å². The predicted octanol–water partition coefficient (Wildman–Crippen LogP) is 1.68. The normalized spacial score (nSPS) is 15.1. The summed E-state index contributed by atoms with van der Waals surface area (Å²) in [5.74, 6) is 0. The second kappa shape index (κ2) is 5.17. The Labute approximate surface area is 102 Å². The van der Waals surface area contributed by atoms with Gasteiger partial charge in [0.15, 0.2) is 0 Å². The summed E-state index contributed by atoms with van der Waals surface area (Å²) in [7, 11) is 1.83. The third-order valence-electron chi connectivity index (χ3n) is 2.49. The Kier molecular flexibility index (Phi) is 4.35. The van der Waals surface area contributed by atoms with Gasteiger partial charge in [-0.05, 0) is 27.2 Å². The molecule has 0 aromatic carbocycles. The van der Waals surface area contributed by atoms with Crippen LogP contribution in [0.5, 0.6) is 0 Å². The maximum atomic E-state index is 6.16. The van der Waals surface area contributed by atoms with Crippen LogP contribution in [0.4, 0.5) is 0 Å². The molecule has 1 unspecified atom stereocenters. The van der Waals surface area contributed by atoms with Crippen LogP contribution in [0.1, 0.15) is 25.1 Å². The third kappa shape index (κ3) is 3.20. The van der Waals surface area contributed by atoms with Gasteiger partial charge in [-0.2, -0.15) is 5.10 Å². The minimum Gasteiger partial charge on any atom is -0.380 e. The summed E-state index contributed by atoms with van der Waals surface area (Å²) in [5, 5.41) is 4.92. The SMILES string of the molecule is CCOCC(C)(N)Cc1c(C)nn(C)c1Cl. The first-order valence-electron chi connectivity index (χ1n) is 5.42. The third-order valence-corrected chi connectivity index (χ3v) is 2.96. The molecule has 1 aromatic heterocycles. The molecule has 0 saturated heterocycles. The first-order chi connectivity index (χ1) is 7.37. The van der Waals surface area contributed by atoms with E-state index in [4.69, 9.17) is 22.1 Å². The molecule has 0 spiro atoms. The smallest absolute Gasteiger partial charge is 0.130 e. The van der Waals surface area contributed by atoms with Gasteiger partial charge in [-0.15, -0.1) is 0 Å². The van der Waals surface area contributed by atoms with Crippen molar-refractivity contribution in [1.29, 1.82) is 0 Å². The molecular formula is C11H20ClN3O. The van der Waals surface area contributed by atoms with Gasteiger partial charge >= 0.3 is 0 Å². The molecule has 16 heavy (non-hydrogen) atoms. The van der Waals surface area contributed by atoms with Crippen LogP contribution in [0.25, 0.3) is 0 Å². The van der Waals surface area contributed by atoms with E-state index in [9.17, 15) is 0 Å². The number of nitrogens with two attached hydrogens (primary N) is 1. The molecular weight excluding hydrogens is 226 g/mol. The monoisotopic (exact) mass is 245 g/mol. The minimum absolute atomic E-state index is 0.409. The van der Waals surface area contributed by atoms with Gasteiger partial charge in [0.05, 0.1) is 12.3 Å². The lowest BCUT2D eigenvalue weighted by Crippen LogP contribution is -2.43. The molecule has 0 aliphatic rings. The van der Waals surface area contributed by atoms with Crippen molar-refractivity contribution >= 4 is 11.6 Å². The van der Waals surface area contributed by atoms with E-state index in [-0.39, 0.29) is 0 Å². The molecule has 1 aromatic rings. The molecule has 0 aliphatic carbocycles. The molecule has 4 nitrogen and oxygen atoms in total. The molecule has 5 heteroatoms. The highest BCUT2D eigenvalue weighted by molar-refractivity contribution is 6.30. The number of hydrogen-bond acceptors (Lipinski definition) is 3. The second-order valence-electron chi connectivity index (χ2n) is 4.45. The number of aryl methyl sites for hydroxylation is 2. The van der Waals surface area contributed by atoms with Crippen LogP contribution in [0.3, 0.4) is 0 Å². The van der Waals surface area contributed by atoms with Crippen LogP contribution >= 0.6 is 11.6 Å². The van der Waals surface area contributed by atoms with Crippen LogP contribution < -0.4 is 5.73 Å². The Balaban J connectivity index is 2.79. The molecule has 0 aliphatic heterocycles. The molecule has 1 rings (SSSR count). The fourth-order valence-electron chi connectivity index (χ4n) is 1.66. The lowest BCUT2D eigenvalue weighted by Gasteiger charge is -2.24. The molecule has 1 atom stereocenters. The highest BCUT2D eigenvalue weighted by Crippen LogP contribution is 2.23. The Morgan fingerprint density at radius 3 is 2.62 bits per heavy atom. The lowest BCUT2D eigenvalue weighted by molar-refractivity contribution is 0.101. The van der Waals surface area contributed by atoms with Crippen molar-refractivity contribution in [3.63, 3.8) is 0 Å². The average molecular weight is 246 g/mol. The van der Waals surface area contributed by atoms with Gasteiger partial charge in [-0.1, -0.05) is 11.6 Å². The van der Waals surface area contributed by atoms with E-state index in [1.165, 1.54) is 0 Å². The molecule has 0 amide bonds. The van der Waals surface area contributed by atoms with Crippen molar-refractivity contribution in [2.45, 2.75) is 32.7 Å². The highest BCUT2D eigenvalue weighted by atomic mass is 35.5. The zero-order valence-corrected chi connectivity index (χ0v) is 11.1. The van der Waals surface area contributed by atoms with Gasteiger partial charge in [0.2, 0.25) is 0 Å². The van der Waals surface area contributed by atoms with Gasteiger partial charge in [0.25, 0.3) is 0 Å². The first kappa shape index (κ1) is 13.5. The van der Waals surface area contributed by atoms with Crippen LogP contribution in [0.15, 0.2) is 0 Å². The van der Waals surface area contributed by atoms with Crippen LogP contribution in [0, 0.1) is 6.92 Å². The molecule has 0 bridgehead atoms. The predicted molar refractivity (Wildman–Crippen MR) is 65.7 cm³/mol. The Hall–Kier alpha value is -0.580. The number of ether oxygens (including phenoxy) is 1. The number of nitrogens with zero attached hydrogens (tertiary/aromatic N) is 2. The number of rotatable bonds is 5. The lowest BCUT2D eigenvalue weighted by atomic mass is 9.95. The largest absolute Gasteiger partial charge is 0.380 e. The maximum absolute atomic E-state index is 6.16. The summed E-state index contributed by atoms with van der Waals surface area (Å²) in [6, 6.07) is 0. The standard InChI is InChI=1S/C11H20ClN3O/c1-5-16-7-11(3,13)6-9-8(2)14-15(4)10(9)12/h5-7,13H2,1-4H3. The molecule has 1 heterocycles. The van der Waals surface area contributed by atoms with Crippen molar-refractivity contribution in [2.24, 2.45) is 12.8 Å². The van der Waals surface area contributed by atoms with E-state index in [0.717, 1.165) is 11.3 Å². The van der Waals surface area contributed by atoms with Crippen LogP contribution in [-0.2, 0) is 18.2 Å². The number of halogens is 1. The summed E-state index contributed by atoms with van der Waals surface area (Å²) in [4.78, 5) is 0. The minimum atomic E-state index is -0.409. The van der Waals surface area contributed by atoms with Gasteiger partial charge in [0.1, 0.15) is 5.15 Å². The van der Waals surface area contributed by atoms with E-state index in [1.54, 1.807) is 4.68 Å². The van der Waals surface area contributed by atoms with Crippen molar-refractivity contribution in [3.05, 3.63) is 16.4 Å². The van der Waals surface area contributed by atoms with E-state index in [1.807, 2.05) is 27.8 Å². The Morgan fingerprint density at radius 2 is 2.19 bits per heavy atom. The summed E-state index contributed by atoms with van der Waals surface area (Å²) < 4.78 is 7.03. The quantitative estimate of drug-likeness (QED) is 0.859. The summed E-state index contributed by atoms with van der Waals surface area (Å²) in [5.41, 5.74) is 7.69. The second-order valence-corrected chi connectivity index (χ2v) is 4.80. The topological polar surface area (TPSA) is 53.1 Å². The molecule has 0 fully saturated rings. The van der Waals surface area contributed by atoms with E-state index in [0.29, 0.717) is 24.8 Å². The molecule has 0 radical (unpaired) electrons. The zero-order valence-electron chi connectivity index (χ0n) is 10.4. The van der Waals surface area contributed by atoms with Gasteiger partial charge in [-0.3, -0.25) is 4.68 Å². The van der Waals surface area contributed by atoms with Crippen molar-refractivity contribution < 1.29 is 4.74 Å². The fraction of sp³-hybridized carbons (Fsp3) is 0.727. The van der Waals surface area contributed by atoms with E-state index < -0.39 is 5.54 Å². The highest BCUT2D eigenvalue weighted by Gasteiger charge is 2.23. The Morgan fingerprint density at radius 1 is 1.56 bits per heavy atom. The van der Waals surface area contributed by atoms with Gasteiger partial charge in [-0.25, -0.2) is 0 Å². The maximum Gasteiger partial charge on any atom is 0.130 e. The van der Waals surface area contributed by atoms with Gasteiger partial charge < -0.3 is 10.5 Å². The Bertz CT molecular complexity index is 360. The van der Waals surface area contributed by atoms with Crippen molar-refractivity contribution in [1.82, 2.24) is 9.78 Å². The number of aromatic nitrogens is 2. The van der Waals surface area contributed by atoms with Gasteiger partial charge in [0, 0.05) is 24.8 Å².